The Morgan fingerprint density at radius 3 is 2.85 bits per heavy atom. The number of aromatic nitrogens is 2. The average molecular weight is 272 g/mol. The van der Waals surface area contributed by atoms with E-state index in [1.165, 1.54) is 12.8 Å². The van der Waals surface area contributed by atoms with Crippen molar-refractivity contribution >= 4 is 5.82 Å². The molecule has 20 heavy (non-hydrogen) atoms. The Morgan fingerprint density at radius 1 is 1.40 bits per heavy atom. The lowest BCUT2D eigenvalue weighted by molar-refractivity contribution is -0.0273. The molecule has 1 aromatic heterocycles. The summed E-state index contributed by atoms with van der Waals surface area (Å²) in [6.45, 7) is 5.82. The molecule has 0 aromatic carbocycles. The van der Waals surface area contributed by atoms with Crippen LogP contribution in [0.2, 0.25) is 0 Å². The van der Waals surface area contributed by atoms with Crippen LogP contribution < -0.4 is 4.90 Å². The van der Waals surface area contributed by atoms with Crippen molar-refractivity contribution in [3.8, 4) is 6.07 Å². The molecule has 106 valence electrons. The van der Waals surface area contributed by atoms with E-state index in [1.807, 2.05) is 6.92 Å². The van der Waals surface area contributed by atoms with Crippen LogP contribution in [-0.4, -0.2) is 35.3 Å². The van der Waals surface area contributed by atoms with E-state index in [0.29, 0.717) is 17.7 Å². The maximum atomic E-state index is 9.10. The number of morpholine rings is 1. The summed E-state index contributed by atoms with van der Waals surface area (Å²) < 4.78 is 6.02. The Hall–Kier alpha value is -1.67. The van der Waals surface area contributed by atoms with Gasteiger partial charge in [-0.2, -0.15) is 5.26 Å². The number of anilines is 1. The fraction of sp³-hybridized carbons (Fsp3) is 0.667. The fourth-order valence-electron chi connectivity index (χ4n) is 2.76. The molecule has 2 aliphatic rings. The minimum atomic E-state index is 0.208. The van der Waals surface area contributed by atoms with E-state index in [9.17, 15) is 0 Å². The van der Waals surface area contributed by atoms with Crippen LogP contribution in [0.25, 0.3) is 0 Å². The summed E-state index contributed by atoms with van der Waals surface area (Å²) in [4.78, 5) is 11.0. The van der Waals surface area contributed by atoms with E-state index in [0.717, 1.165) is 31.2 Å². The third kappa shape index (κ3) is 2.75. The molecule has 0 amide bonds. The van der Waals surface area contributed by atoms with Crippen molar-refractivity contribution in [1.29, 1.82) is 5.26 Å². The van der Waals surface area contributed by atoms with Gasteiger partial charge in [-0.3, -0.25) is 0 Å². The first-order valence-electron chi connectivity index (χ1n) is 7.38. The van der Waals surface area contributed by atoms with Gasteiger partial charge in [-0.1, -0.05) is 6.92 Å². The number of hydrogen-bond acceptors (Lipinski definition) is 5. The molecule has 1 aromatic rings. The third-order valence-corrected chi connectivity index (χ3v) is 3.95. The number of rotatable bonds is 3. The second-order valence-electron chi connectivity index (χ2n) is 5.72. The molecular formula is C15H20N4O. The van der Waals surface area contributed by atoms with Crippen LogP contribution in [-0.2, 0) is 11.2 Å². The number of hydrogen-bond donors (Lipinski definition) is 0. The molecule has 0 spiro atoms. The van der Waals surface area contributed by atoms with Crippen LogP contribution in [0.15, 0.2) is 6.07 Å². The highest BCUT2D eigenvalue weighted by atomic mass is 16.5. The van der Waals surface area contributed by atoms with Crippen molar-refractivity contribution in [3.05, 3.63) is 17.6 Å². The van der Waals surface area contributed by atoms with Gasteiger partial charge in [0.1, 0.15) is 23.4 Å². The monoisotopic (exact) mass is 272 g/mol. The molecule has 5 heteroatoms. The SMILES string of the molecule is CCc1nc(C#N)cc(N2CC(C)OC(C3CC3)C2)n1. The highest BCUT2D eigenvalue weighted by Gasteiger charge is 2.37. The molecule has 0 N–H and O–H groups in total. The van der Waals surface area contributed by atoms with Gasteiger partial charge < -0.3 is 9.64 Å². The molecule has 1 saturated heterocycles. The standard InChI is InChI=1S/C15H20N4O/c1-3-14-17-12(7-16)6-15(18-14)19-8-10(2)20-13(9-19)11-4-5-11/h6,10-11,13H,3-5,8-9H2,1-2H3. The molecule has 1 aliphatic carbocycles. The second kappa shape index (κ2) is 5.37. The first-order valence-corrected chi connectivity index (χ1v) is 7.38. The zero-order valence-corrected chi connectivity index (χ0v) is 12.0. The molecule has 3 rings (SSSR count). The first kappa shape index (κ1) is 13.3. The first-order chi connectivity index (χ1) is 9.69. The van der Waals surface area contributed by atoms with Crippen molar-refractivity contribution in [2.45, 2.75) is 45.3 Å². The average Bonchev–Trinajstić information content (AvgIpc) is 3.30. The van der Waals surface area contributed by atoms with Crippen LogP contribution in [0.5, 0.6) is 0 Å². The molecule has 0 bridgehead atoms. The predicted octanol–water partition coefficient (Wildman–Crippen LogP) is 1.91. The lowest BCUT2D eigenvalue weighted by atomic mass is 10.1. The highest BCUT2D eigenvalue weighted by molar-refractivity contribution is 5.44. The van der Waals surface area contributed by atoms with Crippen LogP contribution in [0, 0.1) is 17.2 Å². The van der Waals surface area contributed by atoms with Gasteiger partial charge in [-0.25, -0.2) is 9.97 Å². The minimum absolute atomic E-state index is 0.208. The Bertz CT molecular complexity index is 535. The largest absolute Gasteiger partial charge is 0.371 e. The van der Waals surface area contributed by atoms with Crippen molar-refractivity contribution in [2.75, 3.05) is 18.0 Å². The molecule has 2 unspecified atom stereocenters. The van der Waals surface area contributed by atoms with E-state index < -0.39 is 0 Å². The minimum Gasteiger partial charge on any atom is -0.371 e. The number of nitriles is 1. The van der Waals surface area contributed by atoms with Crippen molar-refractivity contribution in [2.24, 2.45) is 5.92 Å². The molecule has 1 aliphatic heterocycles. The normalized spacial score (nSPS) is 26.4. The lowest BCUT2D eigenvalue weighted by Crippen LogP contribution is -2.48. The fourth-order valence-corrected chi connectivity index (χ4v) is 2.76. The predicted molar refractivity (Wildman–Crippen MR) is 75.4 cm³/mol. The van der Waals surface area contributed by atoms with E-state index in [4.69, 9.17) is 10.00 Å². The van der Waals surface area contributed by atoms with Crippen LogP contribution in [0.1, 0.15) is 38.2 Å². The highest BCUT2D eigenvalue weighted by Crippen LogP contribution is 2.37. The molecule has 0 radical (unpaired) electrons. The van der Waals surface area contributed by atoms with E-state index in [-0.39, 0.29) is 6.10 Å². The molecule has 2 fully saturated rings. The van der Waals surface area contributed by atoms with Gasteiger partial charge in [-0.05, 0) is 25.7 Å². The molecular weight excluding hydrogens is 252 g/mol. The zero-order chi connectivity index (χ0) is 14.1. The van der Waals surface area contributed by atoms with Gasteiger partial charge in [-0.15, -0.1) is 0 Å². The van der Waals surface area contributed by atoms with Gasteiger partial charge in [0.25, 0.3) is 0 Å². The number of aryl methyl sites for hydroxylation is 1. The van der Waals surface area contributed by atoms with E-state index in [1.54, 1.807) is 6.07 Å². The Kier molecular flexibility index (Phi) is 3.58. The summed E-state index contributed by atoms with van der Waals surface area (Å²) in [6, 6.07) is 3.92. The van der Waals surface area contributed by atoms with Crippen LogP contribution in [0.4, 0.5) is 5.82 Å². The Balaban J connectivity index is 1.85. The van der Waals surface area contributed by atoms with Gasteiger partial charge in [0, 0.05) is 25.6 Å². The van der Waals surface area contributed by atoms with E-state index in [2.05, 4.69) is 27.9 Å². The topological polar surface area (TPSA) is 62.0 Å². The van der Waals surface area contributed by atoms with Gasteiger partial charge >= 0.3 is 0 Å². The Labute approximate surface area is 119 Å². The summed E-state index contributed by atoms with van der Waals surface area (Å²) in [5.74, 6) is 2.32. The lowest BCUT2D eigenvalue weighted by Gasteiger charge is -2.37. The van der Waals surface area contributed by atoms with Crippen molar-refractivity contribution in [3.63, 3.8) is 0 Å². The quantitative estimate of drug-likeness (QED) is 0.841. The third-order valence-electron chi connectivity index (χ3n) is 3.95. The van der Waals surface area contributed by atoms with Crippen LogP contribution >= 0.6 is 0 Å². The van der Waals surface area contributed by atoms with Crippen molar-refractivity contribution < 1.29 is 4.74 Å². The smallest absolute Gasteiger partial charge is 0.146 e. The second-order valence-corrected chi connectivity index (χ2v) is 5.72. The molecule has 2 heterocycles. The number of ether oxygens (including phenoxy) is 1. The maximum Gasteiger partial charge on any atom is 0.146 e. The summed E-state index contributed by atoms with van der Waals surface area (Å²) in [5.41, 5.74) is 0.453. The summed E-state index contributed by atoms with van der Waals surface area (Å²) in [7, 11) is 0. The zero-order valence-electron chi connectivity index (χ0n) is 12.0. The van der Waals surface area contributed by atoms with Crippen LogP contribution in [0.3, 0.4) is 0 Å². The maximum absolute atomic E-state index is 9.10. The molecule has 1 saturated carbocycles. The number of nitrogens with zero attached hydrogens (tertiary/aromatic N) is 4. The summed E-state index contributed by atoms with van der Waals surface area (Å²) >= 11 is 0. The van der Waals surface area contributed by atoms with Gasteiger partial charge in [0.2, 0.25) is 0 Å². The molecule has 2 atom stereocenters. The van der Waals surface area contributed by atoms with Crippen molar-refractivity contribution in [1.82, 2.24) is 9.97 Å². The summed E-state index contributed by atoms with van der Waals surface area (Å²) in [5, 5.41) is 9.10. The van der Waals surface area contributed by atoms with Gasteiger partial charge in [0.15, 0.2) is 0 Å². The summed E-state index contributed by atoms with van der Waals surface area (Å²) in [6.07, 6.45) is 3.82. The Morgan fingerprint density at radius 2 is 2.20 bits per heavy atom. The van der Waals surface area contributed by atoms with Gasteiger partial charge in [0.05, 0.1) is 12.2 Å². The van der Waals surface area contributed by atoms with E-state index >= 15 is 0 Å². The molecule has 5 nitrogen and oxygen atoms in total.